The summed E-state index contributed by atoms with van der Waals surface area (Å²) in [6.45, 7) is 3.80. The van der Waals surface area contributed by atoms with E-state index in [1.54, 1.807) is 19.2 Å². The standard InChI is InChI=1S/C21H22ClN3O3S.C3H9N/c1-13-19(21(26)24(3)28-4)14(2)25(17-9-11-18(12-10-17)29(23)27)20(13)15-5-7-16(22)8-6-15;1-4(2)3/h5-12H,23H2,1-4H3;1-3H3. The average Bonchev–Trinajstić information content (AvgIpc) is 3.02. The molecule has 33 heavy (non-hydrogen) atoms. The van der Waals surface area contributed by atoms with E-state index in [1.165, 1.54) is 12.2 Å². The summed E-state index contributed by atoms with van der Waals surface area (Å²) < 4.78 is 13.5. The van der Waals surface area contributed by atoms with Crippen LogP contribution in [0.5, 0.6) is 0 Å². The van der Waals surface area contributed by atoms with Gasteiger partial charge in [-0.3, -0.25) is 9.63 Å². The molecule has 1 heterocycles. The first-order valence-corrected chi connectivity index (χ1v) is 11.8. The minimum absolute atomic E-state index is 0.240. The third-order valence-electron chi connectivity index (χ3n) is 4.87. The highest BCUT2D eigenvalue weighted by molar-refractivity contribution is 7.82. The van der Waals surface area contributed by atoms with Gasteiger partial charge in [0.05, 0.1) is 23.3 Å². The minimum Gasteiger partial charge on any atom is -0.313 e. The van der Waals surface area contributed by atoms with Crippen LogP contribution in [0.2, 0.25) is 5.02 Å². The van der Waals surface area contributed by atoms with Gasteiger partial charge in [-0.25, -0.2) is 14.4 Å². The molecule has 1 aromatic heterocycles. The van der Waals surface area contributed by atoms with Crippen molar-refractivity contribution < 1.29 is 13.8 Å². The molecule has 178 valence electrons. The van der Waals surface area contributed by atoms with Crippen LogP contribution in [-0.4, -0.2) is 59.9 Å². The predicted molar refractivity (Wildman–Crippen MR) is 135 cm³/mol. The monoisotopic (exact) mass is 490 g/mol. The van der Waals surface area contributed by atoms with E-state index >= 15 is 0 Å². The Bertz CT molecular complexity index is 1120. The molecule has 0 bridgehead atoms. The van der Waals surface area contributed by atoms with Gasteiger partial charge in [0, 0.05) is 23.5 Å². The second-order valence-corrected chi connectivity index (χ2v) is 9.40. The van der Waals surface area contributed by atoms with Gasteiger partial charge in [0.15, 0.2) is 0 Å². The topological polar surface area (TPSA) is 80.8 Å². The molecule has 9 heteroatoms. The highest BCUT2D eigenvalue weighted by Crippen LogP contribution is 2.35. The molecule has 0 spiro atoms. The Morgan fingerprint density at radius 1 is 1.00 bits per heavy atom. The van der Waals surface area contributed by atoms with E-state index in [-0.39, 0.29) is 5.91 Å². The maximum atomic E-state index is 13.0. The second-order valence-electron chi connectivity index (χ2n) is 7.89. The van der Waals surface area contributed by atoms with E-state index in [2.05, 4.69) is 0 Å². The van der Waals surface area contributed by atoms with E-state index in [0.717, 1.165) is 28.2 Å². The first kappa shape index (κ1) is 26.8. The Labute approximate surface area is 203 Å². The molecule has 0 fully saturated rings. The smallest absolute Gasteiger partial charge is 0.279 e. The lowest BCUT2D eigenvalue weighted by atomic mass is 10.0. The summed E-state index contributed by atoms with van der Waals surface area (Å²) in [7, 11) is 7.47. The van der Waals surface area contributed by atoms with E-state index in [0.29, 0.717) is 15.5 Å². The molecule has 1 amide bonds. The van der Waals surface area contributed by atoms with Crippen LogP contribution in [0.15, 0.2) is 53.4 Å². The molecule has 3 aromatic rings. The molecule has 1 unspecified atom stereocenters. The summed E-state index contributed by atoms with van der Waals surface area (Å²) in [6, 6.07) is 14.6. The average molecular weight is 491 g/mol. The number of nitrogens with two attached hydrogens (primary N) is 1. The van der Waals surface area contributed by atoms with Crippen molar-refractivity contribution in [2.24, 2.45) is 5.14 Å². The van der Waals surface area contributed by atoms with Crippen molar-refractivity contribution in [2.75, 3.05) is 35.3 Å². The molecular formula is C24H31ClN4O3S. The largest absolute Gasteiger partial charge is 0.313 e. The first-order chi connectivity index (χ1) is 15.5. The van der Waals surface area contributed by atoms with Gasteiger partial charge < -0.3 is 9.47 Å². The lowest BCUT2D eigenvalue weighted by Gasteiger charge is -2.15. The number of hydrogen-bond acceptors (Lipinski definition) is 4. The Morgan fingerprint density at radius 2 is 1.52 bits per heavy atom. The highest BCUT2D eigenvalue weighted by atomic mass is 35.5. The van der Waals surface area contributed by atoms with Gasteiger partial charge in [-0.2, -0.15) is 0 Å². The van der Waals surface area contributed by atoms with Crippen molar-refractivity contribution in [3.8, 4) is 16.9 Å². The van der Waals surface area contributed by atoms with Crippen LogP contribution in [-0.2, 0) is 15.8 Å². The minimum atomic E-state index is -1.56. The molecule has 0 radical (unpaired) electrons. The van der Waals surface area contributed by atoms with Crippen molar-refractivity contribution in [2.45, 2.75) is 18.7 Å². The molecule has 2 N–H and O–H groups in total. The number of halogens is 1. The van der Waals surface area contributed by atoms with Crippen molar-refractivity contribution in [1.82, 2.24) is 14.5 Å². The number of carbonyl (C=O) groups excluding carboxylic acids is 1. The SMILES string of the molecule is CN(C)C.CON(C)C(=O)c1c(C)c(-c2ccc(Cl)cc2)n(-c2ccc(S(N)=O)cc2)c1C. The fourth-order valence-electron chi connectivity index (χ4n) is 3.40. The fraction of sp³-hybridized carbons (Fsp3) is 0.292. The molecule has 0 aliphatic carbocycles. The highest BCUT2D eigenvalue weighted by Gasteiger charge is 2.26. The number of hydroxylamine groups is 2. The van der Waals surface area contributed by atoms with Gasteiger partial charge in [-0.15, -0.1) is 0 Å². The number of nitrogens with zero attached hydrogens (tertiary/aromatic N) is 3. The third kappa shape index (κ3) is 6.31. The quantitative estimate of drug-likeness (QED) is 0.543. The number of benzene rings is 2. The van der Waals surface area contributed by atoms with Gasteiger partial charge in [0.25, 0.3) is 5.91 Å². The Balaban J connectivity index is 0.000000890. The molecule has 0 saturated heterocycles. The van der Waals surface area contributed by atoms with Gasteiger partial charge in [0.1, 0.15) is 11.0 Å². The Hall–Kier alpha value is -2.49. The molecular weight excluding hydrogens is 460 g/mol. The van der Waals surface area contributed by atoms with Gasteiger partial charge in [0.2, 0.25) is 0 Å². The molecule has 2 aromatic carbocycles. The molecule has 1 atom stereocenters. The summed E-state index contributed by atoms with van der Waals surface area (Å²) in [4.78, 5) is 20.6. The van der Waals surface area contributed by atoms with Gasteiger partial charge >= 0.3 is 0 Å². The van der Waals surface area contributed by atoms with E-state index in [9.17, 15) is 9.00 Å². The maximum absolute atomic E-state index is 13.0. The summed E-state index contributed by atoms with van der Waals surface area (Å²) >= 11 is 6.07. The summed E-state index contributed by atoms with van der Waals surface area (Å²) in [5.41, 5.74) is 4.76. The van der Waals surface area contributed by atoms with Crippen LogP contribution in [0.4, 0.5) is 0 Å². The van der Waals surface area contributed by atoms with Crippen molar-refractivity contribution in [1.29, 1.82) is 0 Å². The van der Waals surface area contributed by atoms with Crippen molar-refractivity contribution in [3.63, 3.8) is 0 Å². The predicted octanol–water partition coefficient (Wildman–Crippen LogP) is 4.21. The first-order valence-electron chi connectivity index (χ1n) is 10.2. The zero-order chi connectivity index (χ0) is 24.9. The van der Waals surface area contributed by atoms with E-state index < -0.39 is 11.0 Å². The Morgan fingerprint density at radius 3 is 1.97 bits per heavy atom. The number of carbonyl (C=O) groups is 1. The molecule has 7 nitrogen and oxygen atoms in total. The van der Waals surface area contributed by atoms with Crippen LogP contribution < -0.4 is 5.14 Å². The molecule has 0 aliphatic heterocycles. The van der Waals surface area contributed by atoms with Gasteiger partial charge in [-0.1, -0.05) is 23.7 Å². The van der Waals surface area contributed by atoms with Crippen LogP contribution in [0.1, 0.15) is 21.6 Å². The number of hydrogen-bond donors (Lipinski definition) is 1. The van der Waals surface area contributed by atoms with E-state index in [1.807, 2.05) is 80.9 Å². The number of amides is 1. The molecule has 0 aliphatic rings. The number of aromatic nitrogens is 1. The summed E-state index contributed by atoms with van der Waals surface area (Å²) in [6.07, 6.45) is 0. The van der Waals surface area contributed by atoms with Crippen LogP contribution in [0.3, 0.4) is 0 Å². The van der Waals surface area contributed by atoms with Crippen LogP contribution >= 0.6 is 11.6 Å². The summed E-state index contributed by atoms with van der Waals surface area (Å²) in [5, 5.41) is 7.30. The fourth-order valence-corrected chi connectivity index (χ4v) is 3.93. The van der Waals surface area contributed by atoms with Crippen LogP contribution in [0, 0.1) is 13.8 Å². The zero-order valence-electron chi connectivity index (χ0n) is 20.0. The molecule has 0 saturated carbocycles. The third-order valence-corrected chi connectivity index (χ3v) is 5.86. The molecule has 3 rings (SSSR count). The van der Waals surface area contributed by atoms with E-state index in [4.69, 9.17) is 21.6 Å². The van der Waals surface area contributed by atoms with Gasteiger partial charge in [-0.05, 0) is 82.5 Å². The van der Waals surface area contributed by atoms with Crippen molar-refractivity contribution in [3.05, 3.63) is 70.4 Å². The normalized spacial score (nSPS) is 11.7. The Kier molecular flexibility index (Phi) is 9.39. The lowest BCUT2D eigenvalue weighted by molar-refractivity contribution is -0.0757. The lowest BCUT2D eigenvalue weighted by Crippen LogP contribution is -2.26. The van der Waals surface area contributed by atoms with Crippen molar-refractivity contribution >= 4 is 28.5 Å². The summed E-state index contributed by atoms with van der Waals surface area (Å²) in [5.74, 6) is -0.240. The number of rotatable bonds is 5. The second kappa shape index (κ2) is 11.6. The van der Waals surface area contributed by atoms with Crippen LogP contribution in [0.25, 0.3) is 16.9 Å². The zero-order valence-corrected chi connectivity index (χ0v) is 21.6. The maximum Gasteiger partial charge on any atom is 0.279 e.